The second kappa shape index (κ2) is 6.81. The number of carboxylic acids is 1. The number of carboxylic acid groups (broad SMARTS) is 1. The topological polar surface area (TPSA) is 75.4 Å². The number of nitrogens with zero attached hydrogens (tertiary/aromatic N) is 3. The van der Waals surface area contributed by atoms with Crippen molar-refractivity contribution in [3.05, 3.63) is 52.0 Å². The average molecular weight is 383 g/mol. The highest BCUT2D eigenvalue weighted by molar-refractivity contribution is 7.15. The Bertz CT molecular complexity index is 1020. The Kier molecular flexibility index (Phi) is 4.47. The van der Waals surface area contributed by atoms with Crippen LogP contribution in [0.15, 0.2) is 36.4 Å². The fraction of sp³-hybridized carbons (Fsp3) is 0.350. The number of amides is 1. The molecule has 1 aliphatic heterocycles. The first kappa shape index (κ1) is 17.7. The van der Waals surface area contributed by atoms with Gasteiger partial charge in [-0.3, -0.25) is 4.79 Å². The van der Waals surface area contributed by atoms with Gasteiger partial charge in [-0.05, 0) is 51.0 Å². The molecule has 0 radical (unpaired) electrons. The van der Waals surface area contributed by atoms with Crippen molar-refractivity contribution in [3.8, 4) is 0 Å². The Morgan fingerprint density at radius 1 is 1.19 bits per heavy atom. The minimum atomic E-state index is -1.00. The number of hydrogen-bond acceptors (Lipinski definition) is 4. The van der Waals surface area contributed by atoms with Gasteiger partial charge in [0.05, 0.1) is 22.0 Å². The Balaban J connectivity index is 1.73. The maximum Gasteiger partial charge on any atom is 0.345 e. The van der Waals surface area contributed by atoms with Gasteiger partial charge in [-0.25, -0.2) is 9.78 Å². The monoisotopic (exact) mass is 383 g/mol. The van der Waals surface area contributed by atoms with E-state index in [0.717, 1.165) is 41.0 Å². The lowest BCUT2D eigenvalue weighted by atomic mass is 10.2. The maximum atomic E-state index is 13.1. The quantitative estimate of drug-likeness (QED) is 0.726. The number of carbonyl (C=O) groups excluding carboxylic acids is 1. The Hall–Kier alpha value is -2.67. The summed E-state index contributed by atoms with van der Waals surface area (Å²) in [5.74, 6) is -0.206. The van der Waals surface area contributed by atoms with Crippen molar-refractivity contribution in [3.63, 3.8) is 0 Å². The number of para-hydroxylation sites is 2. The summed E-state index contributed by atoms with van der Waals surface area (Å²) in [6, 6.07) is 11.3. The molecule has 140 valence electrons. The molecule has 1 aliphatic rings. The van der Waals surface area contributed by atoms with Crippen LogP contribution >= 0.6 is 11.3 Å². The summed E-state index contributed by atoms with van der Waals surface area (Å²) in [6.07, 6.45) is 1.77. The van der Waals surface area contributed by atoms with Crippen LogP contribution in [0.25, 0.3) is 11.0 Å². The fourth-order valence-electron chi connectivity index (χ4n) is 3.83. The van der Waals surface area contributed by atoms with Crippen molar-refractivity contribution in [2.75, 3.05) is 6.54 Å². The van der Waals surface area contributed by atoms with E-state index in [1.807, 2.05) is 23.1 Å². The highest BCUT2D eigenvalue weighted by Gasteiger charge is 2.35. The van der Waals surface area contributed by atoms with Crippen LogP contribution in [0, 0.1) is 0 Å². The van der Waals surface area contributed by atoms with Gasteiger partial charge in [0.15, 0.2) is 0 Å². The van der Waals surface area contributed by atoms with Gasteiger partial charge in [0, 0.05) is 12.6 Å². The molecule has 0 spiro atoms. The van der Waals surface area contributed by atoms with Gasteiger partial charge in [-0.2, -0.15) is 0 Å². The molecule has 6 nitrogen and oxygen atoms in total. The molecule has 1 atom stereocenters. The summed E-state index contributed by atoms with van der Waals surface area (Å²) in [4.78, 5) is 31.6. The minimum absolute atomic E-state index is 0.0947. The number of benzene rings is 1. The Labute approximate surface area is 161 Å². The van der Waals surface area contributed by atoms with Crippen LogP contribution in [-0.4, -0.2) is 38.0 Å². The van der Waals surface area contributed by atoms with Crippen LogP contribution in [0.3, 0.4) is 0 Å². The molecule has 0 bridgehead atoms. The SMILES string of the molecule is CC(C)n1c(C2CCCN2C(=O)c2ccc(C(=O)O)s2)nc2ccccc21. The molecule has 1 fully saturated rings. The lowest BCUT2D eigenvalue weighted by Crippen LogP contribution is -2.31. The Morgan fingerprint density at radius 3 is 2.63 bits per heavy atom. The average Bonchev–Trinajstić information content (AvgIpc) is 3.36. The van der Waals surface area contributed by atoms with Crippen LogP contribution in [0.2, 0.25) is 0 Å². The van der Waals surface area contributed by atoms with Crippen LogP contribution in [0.4, 0.5) is 0 Å². The second-order valence-corrected chi connectivity index (χ2v) is 8.13. The molecule has 1 unspecified atom stereocenters. The highest BCUT2D eigenvalue weighted by atomic mass is 32.1. The van der Waals surface area contributed by atoms with Gasteiger partial charge in [-0.15, -0.1) is 11.3 Å². The third kappa shape index (κ3) is 3.02. The van der Waals surface area contributed by atoms with E-state index in [-0.39, 0.29) is 22.9 Å². The number of carbonyl (C=O) groups is 2. The number of aromatic nitrogens is 2. The number of imidazole rings is 1. The molecule has 27 heavy (non-hydrogen) atoms. The van der Waals surface area contributed by atoms with E-state index >= 15 is 0 Å². The number of hydrogen-bond donors (Lipinski definition) is 1. The van der Waals surface area contributed by atoms with Crippen molar-refractivity contribution in [2.45, 2.75) is 38.8 Å². The molecular weight excluding hydrogens is 362 g/mol. The van der Waals surface area contributed by atoms with Gasteiger partial charge < -0.3 is 14.6 Å². The highest BCUT2D eigenvalue weighted by Crippen LogP contribution is 2.36. The standard InChI is InChI=1S/C20H21N3O3S/c1-12(2)23-14-7-4-3-6-13(14)21-18(23)15-8-5-11-22(15)19(24)16-9-10-17(27-16)20(25)26/h3-4,6-7,9-10,12,15H,5,8,11H2,1-2H3,(H,25,26). The number of thiophene rings is 1. The zero-order valence-corrected chi connectivity index (χ0v) is 16.1. The summed E-state index contributed by atoms with van der Waals surface area (Å²) >= 11 is 1.03. The number of fused-ring (bicyclic) bond motifs is 1. The predicted octanol–water partition coefficient (Wildman–Crippen LogP) is 4.35. The van der Waals surface area contributed by atoms with Crippen LogP contribution in [-0.2, 0) is 0 Å². The first-order valence-electron chi connectivity index (χ1n) is 9.08. The van der Waals surface area contributed by atoms with Crippen molar-refractivity contribution in [2.24, 2.45) is 0 Å². The molecule has 0 saturated carbocycles. The molecule has 3 aromatic rings. The Morgan fingerprint density at radius 2 is 1.93 bits per heavy atom. The van der Waals surface area contributed by atoms with E-state index in [0.29, 0.717) is 11.4 Å². The van der Waals surface area contributed by atoms with Crippen LogP contribution in [0.1, 0.15) is 63.9 Å². The largest absolute Gasteiger partial charge is 0.477 e. The first-order chi connectivity index (χ1) is 13.0. The third-order valence-electron chi connectivity index (χ3n) is 4.98. The van der Waals surface area contributed by atoms with Crippen molar-refractivity contribution in [1.29, 1.82) is 0 Å². The van der Waals surface area contributed by atoms with Crippen molar-refractivity contribution < 1.29 is 14.7 Å². The number of rotatable bonds is 4. The van der Waals surface area contributed by atoms with Crippen molar-refractivity contribution >= 4 is 34.2 Å². The van der Waals surface area contributed by atoms with E-state index < -0.39 is 5.97 Å². The minimum Gasteiger partial charge on any atom is -0.477 e. The summed E-state index contributed by atoms with van der Waals surface area (Å²) < 4.78 is 2.21. The number of aromatic carboxylic acids is 1. The summed E-state index contributed by atoms with van der Waals surface area (Å²) in [7, 11) is 0. The van der Waals surface area contributed by atoms with Gasteiger partial charge in [0.25, 0.3) is 5.91 Å². The normalized spacial score (nSPS) is 17.1. The lowest BCUT2D eigenvalue weighted by Gasteiger charge is -2.26. The molecule has 7 heteroatoms. The summed E-state index contributed by atoms with van der Waals surface area (Å²) in [5.41, 5.74) is 2.01. The van der Waals surface area contributed by atoms with E-state index in [2.05, 4.69) is 24.5 Å². The van der Waals surface area contributed by atoms with Gasteiger partial charge >= 0.3 is 5.97 Å². The zero-order valence-electron chi connectivity index (χ0n) is 15.3. The molecule has 3 heterocycles. The third-order valence-corrected chi connectivity index (χ3v) is 6.04. The van der Waals surface area contributed by atoms with Crippen molar-refractivity contribution in [1.82, 2.24) is 14.5 Å². The molecule has 0 aliphatic carbocycles. The molecule has 1 saturated heterocycles. The van der Waals surface area contributed by atoms with E-state index in [1.165, 1.54) is 6.07 Å². The van der Waals surface area contributed by atoms with Crippen LogP contribution in [0.5, 0.6) is 0 Å². The summed E-state index contributed by atoms with van der Waals surface area (Å²) in [5, 5.41) is 9.13. The molecular formula is C20H21N3O3S. The lowest BCUT2D eigenvalue weighted by molar-refractivity contribution is 0.0700. The number of likely N-dealkylation sites (tertiary alicyclic amines) is 1. The molecule has 1 amide bonds. The van der Waals surface area contributed by atoms with E-state index in [1.54, 1.807) is 6.07 Å². The molecule has 1 N–H and O–H groups in total. The fourth-order valence-corrected chi connectivity index (χ4v) is 4.63. The second-order valence-electron chi connectivity index (χ2n) is 7.05. The summed E-state index contributed by atoms with van der Waals surface area (Å²) in [6.45, 7) is 4.90. The van der Waals surface area contributed by atoms with E-state index in [9.17, 15) is 9.59 Å². The first-order valence-corrected chi connectivity index (χ1v) is 9.90. The molecule has 1 aromatic carbocycles. The van der Waals surface area contributed by atoms with Gasteiger partial charge in [0.1, 0.15) is 10.7 Å². The van der Waals surface area contributed by atoms with Crippen LogP contribution < -0.4 is 0 Å². The van der Waals surface area contributed by atoms with E-state index in [4.69, 9.17) is 10.1 Å². The molecule has 2 aromatic heterocycles. The zero-order chi connectivity index (χ0) is 19.1. The van der Waals surface area contributed by atoms with Gasteiger partial charge in [0.2, 0.25) is 0 Å². The maximum absolute atomic E-state index is 13.1. The molecule has 4 rings (SSSR count). The predicted molar refractivity (Wildman–Crippen MR) is 104 cm³/mol. The van der Waals surface area contributed by atoms with Gasteiger partial charge in [-0.1, -0.05) is 12.1 Å². The smallest absolute Gasteiger partial charge is 0.345 e.